The van der Waals surface area contributed by atoms with Crippen LogP contribution in [-0.4, -0.2) is 43.2 Å². The summed E-state index contributed by atoms with van der Waals surface area (Å²) in [6.07, 6.45) is 6.80. The fraction of sp³-hybridized carbons (Fsp3) is 0.929. The SMILES string of the molecule is CCCCNC(=O)N(C)C1CCC(NCC)CC1. The van der Waals surface area contributed by atoms with E-state index in [4.69, 9.17) is 0 Å². The number of carbonyl (C=O) groups excluding carboxylic acids is 1. The van der Waals surface area contributed by atoms with E-state index in [9.17, 15) is 4.79 Å². The van der Waals surface area contributed by atoms with E-state index in [1.165, 1.54) is 12.8 Å². The Balaban J connectivity index is 2.26. The minimum absolute atomic E-state index is 0.0929. The molecule has 0 radical (unpaired) electrons. The minimum atomic E-state index is 0.0929. The Morgan fingerprint density at radius 2 is 1.89 bits per heavy atom. The number of hydrogen-bond acceptors (Lipinski definition) is 2. The lowest BCUT2D eigenvalue weighted by molar-refractivity contribution is 0.166. The summed E-state index contributed by atoms with van der Waals surface area (Å²) in [5.41, 5.74) is 0. The Morgan fingerprint density at radius 1 is 1.22 bits per heavy atom. The van der Waals surface area contributed by atoms with Gasteiger partial charge in [-0.2, -0.15) is 0 Å². The Morgan fingerprint density at radius 3 is 2.44 bits per heavy atom. The van der Waals surface area contributed by atoms with Crippen LogP contribution in [0.25, 0.3) is 0 Å². The number of nitrogens with one attached hydrogen (secondary N) is 2. The second kappa shape index (κ2) is 8.35. The maximum Gasteiger partial charge on any atom is 0.317 e. The molecule has 106 valence electrons. The molecule has 0 bridgehead atoms. The predicted octanol–water partition coefficient (Wildman–Crippen LogP) is 2.35. The number of rotatable bonds is 6. The molecule has 1 rings (SSSR count). The summed E-state index contributed by atoms with van der Waals surface area (Å²) in [5, 5.41) is 6.48. The number of hydrogen-bond donors (Lipinski definition) is 2. The first-order valence-corrected chi connectivity index (χ1v) is 7.43. The van der Waals surface area contributed by atoms with E-state index < -0.39 is 0 Å². The van der Waals surface area contributed by atoms with Gasteiger partial charge in [0.25, 0.3) is 0 Å². The molecule has 0 aromatic carbocycles. The van der Waals surface area contributed by atoms with Crippen LogP contribution in [0.2, 0.25) is 0 Å². The average molecular weight is 255 g/mol. The molecular formula is C14H29N3O. The molecule has 1 aliphatic carbocycles. The fourth-order valence-electron chi connectivity index (χ4n) is 2.62. The lowest BCUT2D eigenvalue weighted by atomic mass is 9.90. The summed E-state index contributed by atoms with van der Waals surface area (Å²) in [4.78, 5) is 13.8. The third-order valence-electron chi connectivity index (χ3n) is 3.86. The van der Waals surface area contributed by atoms with Gasteiger partial charge < -0.3 is 15.5 Å². The van der Waals surface area contributed by atoms with Crippen LogP contribution >= 0.6 is 0 Å². The van der Waals surface area contributed by atoms with Gasteiger partial charge in [-0.1, -0.05) is 20.3 Å². The van der Waals surface area contributed by atoms with E-state index in [1.807, 2.05) is 11.9 Å². The van der Waals surface area contributed by atoms with Gasteiger partial charge in [-0.15, -0.1) is 0 Å². The molecule has 0 unspecified atom stereocenters. The molecule has 1 saturated carbocycles. The zero-order chi connectivity index (χ0) is 13.4. The molecule has 0 aliphatic heterocycles. The van der Waals surface area contributed by atoms with E-state index in [0.717, 1.165) is 38.8 Å². The topological polar surface area (TPSA) is 44.4 Å². The van der Waals surface area contributed by atoms with Crippen LogP contribution in [0.5, 0.6) is 0 Å². The zero-order valence-corrected chi connectivity index (χ0v) is 12.2. The average Bonchev–Trinajstić information content (AvgIpc) is 2.39. The molecule has 4 nitrogen and oxygen atoms in total. The second-order valence-electron chi connectivity index (χ2n) is 5.26. The molecular weight excluding hydrogens is 226 g/mol. The van der Waals surface area contributed by atoms with Crippen molar-refractivity contribution in [2.24, 2.45) is 0 Å². The van der Waals surface area contributed by atoms with Crippen LogP contribution < -0.4 is 10.6 Å². The van der Waals surface area contributed by atoms with Gasteiger partial charge in [-0.25, -0.2) is 4.79 Å². The standard InChI is InChI=1S/C14H29N3O/c1-4-6-11-16-14(18)17(3)13-9-7-12(8-10-13)15-5-2/h12-13,15H,4-11H2,1-3H3,(H,16,18). The maximum absolute atomic E-state index is 11.9. The van der Waals surface area contributed by atoms with Gasteiger partial charge in [0.15, 0.2) is 0 Å². The van der Waals surface area contributed by atoms with Gasteiger partial charge in [-0.3, -0.25) is 0 Å². The largest absolute Gasteiger partial charge is 0.338 e. The molecule has 1 fully saturated rings. The van der Waals surface area contributed by atoms with Crippen LogP contribution in [0.3, 0.4) is 0 Å². The van der Waals surface area contributed by atoms with E-state index in [2.05, 4.69) is 24.5 Å². The van der Waals surface area contributed by atoms with E-state index in [1.54, 1.807) is 0 Å². The van der Waals surface area contributed by atoms with E-state index >= 15 is 0 Å². The van der Waals surface area contributed by atoms with Crippen LogP contribution in [0.15, 0.2) is 0 Å². The maximum atomic E-state index is 11.9. The highest BCUT2D eigenvalue weighted by Gasteiger charge is 2.25. The molecule has 18 heavy (non-hydrogen) atoms. The van der Waals surface area contributed by atoms with Crippen molar-refractivity contribution in [3.05, 3.63) is 0 Å². The van der Waals surface area contributed by atoms with Gasteiger partial charge in [0, 0.05) is 25.7 Å². The lowest BCUT2D eigenvalue weighted by Crippen LogP contribution is -2.47. The highest BCUT2D eigenvalue weighted by atomic mass is 16.2. The van der Waals surface area contributed by atoms with Crippen molar-refractivity contribution in [2.75, 3.05) is 20.1 Å². The molecule has 0 spiro atoms. The molecule has 0 heterocycles. The summed E-state index contributed by atoms with van der Waals surface area (Å²) in [6, 6.07) is 1.17. The smallest absolute Gasteiger partial charge is 0.317 e. The van der Waals surface area contributed by atoms with Crippen molar-refractivity contribution in [2.45, 2.75) is 64.5 Å². The normalized spacial score (nSPS) is 23.7. The van der Waals surface area contributed by atoms with Crippen LogP contribution in [0.4, 0.5) is 4.79 Å². The van der Waals surface area contributed by atoms with Gasteiger partial charge in [-0.05, 0) is 38.6 Å². The molecule has 2 amide bonds. The Labute approximate surface area is 111 Å². The van der Waals surface area contributed by atoms with Crippen LogP contribution in [0, 0.1) is 0 Å². The molecule has 4 heteroatoms. The monoisotopic (exact) mass is 255 g/mol. The summed E-state index contributed by atoms with van der Waals surface area (Å²) in [7, 11) is 1.93. The zero-order valence-electron chi connectivity index (χ0n) is 12.2. The van der Waals surface area contributed by atoms with Gasteiger partial charge >= 0.3 is 6.03 Å². The number of urea groups is 1. The van der Waals surface area contributed by atoms with Crippen molar-refractivity contribution in [3.8, 4) is 0 Å². The Hall–Kier alpha value is -0.770. The lowest BCUT2D eigenvalue weighted by Gasteiger charge is -2.35. The van der Waals surface area contributed by atoms with E-state index in [0.29, 0.717) is 12.1 Å². The van der Waals surface area contributed by atoms with Gasteiger partial charge in [0.05, 0.1) is 0 Å². The summed E-state index contributed by atoms with van der Waals surface area (Å²) >= 11 is 0. The quantitative estimate of drug-likeness (QED) is 0.716. The van der Waals surface area contributed by atoms with Gasteiger partial charge in [0.2, 0.25) is 0 Å². The first-order chi connectivity index (χ1) is 8.69. The Kier molecular flexibility index (Phi) is 7.09. The Bertz CT molecular complexity index is 237. The second-order valence-corrected chi connectivity index (χ2v) is 5.26. The van der Waals surface area contributed by atoms with Crippen molar-refractivity contribution < 1.29 is 4.79 Å². The highest BCUT2D eigenvalue weighted by molar-refractivity contribution is 5.74. The van der Waals surface area contributed by atoms with Crippen LogP contribution in [-0.2, 0) is 0 Å². The number of carbonyl (C=O) groups is 1. The minimum Gasteiger partial charge on any atom is -0.338 e. The molecule has 0 saturated heterocycles. The molecule has 0 aromatic heterocycles. The van der Waals surface area contributed by atoms with Crippen molar-refractivity contribution in [3.63, 3.8) is 0 Å². The van der Waals surface area contributed by atoms with E-state index in [-0.39, 0.29) is 6.03 Å². The molecule has 0 atom stereocenters. The summed E-state index contributed by atoms with van der Waals surface area (Å²) in [6.45, 7) is 6.13. The number of amides is 2. The first kappa shape index (κ1) is 15.3. The predicted molar refractivity (Wildman–Crippen MR) is 75.8 cm³/mol. The van der Waals surface area contributed by atoms with Crippen molar-refractivity contribution in [1.82, 2.24) is 15.5 Å². The fourth-order valence-corrected chi connectivity index (χ4v) is 2.62. The van der Waals surface area contributed by atoms with Crippen LogP contribution in [0.1, 0.15) is 52.4 Å². The molecule has 0 aromatic rings. The van der Waals surface area contributed by atoms with Gasteiger partial charge in [0.1, 0.15) is 0 Å². The molecule has 1 aliphatic rings. The van der Waals surface area contributed by atoms with Crippen molar-refractivity contribution >= 4 is 6.03 Å². The highest BCUT2D eigenvalue weighted by Crippen LogP contribution is 2.22. The number of nitrogens with zero attached hydrogens (tertiary/aromatic N) is 1. The summed E-state index contributed by atoms with van der Waals surface area (Å²) in [5.74, 6) is 0. The third kappa shape index (κ3) is 4.84. The number of unbranched alkanes of at least 4 members (excludes halogenated alkanes) is 1. The third-order valence-corrected chi connectivity index (χ3v) is 3.86. The van der Waals surface area contributed by atoms with Crippen molar-refractivity contribution in [1.29, 1.82) is 0 Å². The summed E-state index contributed by atoms with van der Waals surface area (Å²) < 4.78 is 0. The molecule has 2 N–H and O–H groups in total. The first-order valence-electron chi connectivity index (χ1n) is 7.43.